The first-order valence-corrected chi connectivity index (χ1v) is 5.89. The van der Waals surface area contributed by atoms with E-state index in [2.05, 4.69) is 5.32 Å². The zero-order chi connectivity index (χ0) is 11.5. The molecule has 0 spiro atoms. The predicted octanol–water partition coefficient (Wildman–Crippen LogP) is 0.0616. The summed E-state index contributed by atoms with van der Waals surface area (Å²) in [4.78, 5) is 24.1. The lowest BCUT2D eigenvalue weighted by Gasteiger charge is -2.26. The van der Waals surface area contributed by atoms with Gasteiger partial charge in [-0.1, -0.05) is 6.42 Å². The van der Waals surface area contributed by atoms with Crippen molar-refractivity contribution in [3.63, 3.8) is 0 Å². The van der Waals surface area contributed by atoms with Crippen LogP contribution in [0.1, 0.15) is 25.7 Å². The summed E-state index contributed by atoms with van der Waals surface area (Å²) in [6.07, 6.45) is 4.05. The van der Waals surface area contributed by atoms with Crippen molar-refractivity contribution in [3.05, 3.63) is 0 Å². The number of carbonyl (C=O) groups is 2. The Kier molecular flexibility index (Phi) is 3.43. The molecular formula is C11H18N2O3. The molecule has 0 bridgehead atoms. The molecule has 16 heavy (non-hydrogen) atoms. The van der Waals surface area contributed by atoms with E-state index >= 15 is 0 Å². The predicted molar refractivity (Wildman–Crippen MR) is 58.0 cm³/mol. The molecule has 1 aliphatic carbocycles. The van der Waals surface area contributed by atoms with Crippen LogP contribution in [0.2, 0.25) is 0 Å². The van der Waals surface area contributed by atoms with Crippen LogP contribution < -0.4 is 5.32 Å². The van der Waals surface area contributed by atoms with Crippen molar-refractivity contribution < 1.29 is 14.7 Å². The number of nitrogens with one attached hydrogen (secondary N) is 1. The zero-order valence-electron chi connectivity index (χ0n) is 9.32. The Balaban J connectivity index is 1.71. The van der Waals surface area contributed by atoms with E-state index in [-0.39, 0.29) is 24.4 Å². The first-order chi connectivity index (χ1) is 7.65. The normalized spacial score (nSPS) is 26.4. The SMILES string of the molecule is O=C(O)CN1CCC(NC(=O)C2CCC2)C1. The van der Waals surface area contributed by atoms with Gasteiger partial charge in [-0.25, -0.2) is 0 Å². The summed E-state index contributed by atoms with van der Waals surface area (Å²) in [7, 11) is 0. The quantitative estimate of drug-likeness (QED) is 0.711. The molecular weight excluding hydrogens is 208 g/mol. The zero-order valence-corrected chi connectivity index (χ0v) is 9.32. The minimum Gasteiger partial charge on any atom is -0.480 e. The summed E-state index contributed by atoms with van der Waals surface area (Å²) < 4.78 is 0. The molecule has 1 aliphatic heterocycles. The van der Waals surface area contributed by atoms with Crippen LogP contribution >= 0.6 is 0 Å². The highest BCUT2D eigenvalue weighted by Gasteiger charge is 2.30. The summed E-state index contributed by atoms with van der Waals surface area (Å²) in [5.74, 6) is -0.423. The molecule has 1 saturated heterocycles. The van der Waals surface area contributed by atoms with Gasteiger partial charge in [0.2, 0.25) is 5.91 Å². The maximum absolute atomic E-state index is 11.7. The summed E-state index contributed by atoms with van der Waals surface area (Å²) in [6.45, 7) is 1.52. The molecule has 0 aromatic heterocycles. The first-order valence-electron chi connectivity index (χ1n) is 5.89. The van der Waals surface area contributed by atoms with Gasteiger partial charge in [-0.05, 0) is 19.3 Å². The third-order valence-corrected chi connectivity index (χ3v) is 3.45. The Morgan fingerprint density at radius 1 is 1.31 bits per heavy atom. The van der Waals surface area contributed by atoms with Crippen LogP contribution in [0, 0.1) is 5.92 Å². The average Bonchev–Trinajstić information content (AvgIpc) is 2.47. The number of carbonyl (C=O) groups excluding carboxylic acids is 1. The molecule has 2 aliphatic rings. The van der Waals surface area contributed by atoms with Crippen LogP contribution in [-0.4, -0.2) is 47.6 Å². The van der Waals surface area contributed by atoms with E-state index in [4.69, 9.17) is 5.11 Å². The standard InChI is InChI=1S/C11H18N2O3/c14-10(15)7-13-5-4-9(6-13)12-11(16)8-2-1-3-8/h8-9H,1-7H2,(H,12,16)(H,14,15). The number of carboxylic acids is 1. The Bertz CT molecular complexity index is 289. The number of carboxylic acid groups (broad SMARTS) is 1. The Hall–Kier alpha value is -1.10. The highest BCUT2D eigenvalue weighted by atomic mass is 16.4. The van der Waals surface area contributed by atoms with Gasteiger partial charge in [0.05, 0.1) is 6.54 Å². The van der Waals surface area contributed by atoms with Crippen molar-refractivity contribution in [1.29, 1.82) is 0 Å². The van der Waals surface area contributed by atoms with E-state index in [0.29, 0.717) is 6.54 Å². The molecule has 1 amide bonds. The maximum atomic E-state index is 11.7. The maximum Gasteiger partial charge on any atom is 0.317 e. The molecule has 2 rings (SSSR count). The third-order valence-electron chi connectivity index (χ3n) is 3.45. The van der Waals surface area contributed by atoms with Gasteiger partial charge in [-0.2, -0.15) is 0 Å². The second-order valence-electron chi connectivity index (χ2n) is 4.75. The smallest absolute Gasteiger partial charge is 0.317 e. The summed E-state index contributed by atoms with van der Waals surface area (Å²) in [5.41, 5.74) is 0. The largest absolute Gasteiger partial charge is 0.480 e. The summed E-state index contributed by atoms with van der Waals surface area (Å²) in [5, 5.41) is 11.7. The van der Waals surface area contributed by atoms with Crippen LogP contribution in [0.4, 0.5) is 0 Å². The van der Waals surface area contributed by atoms with Crippen LogP contribution in [0.25, 0.3) is 0 Å². The van der Waals surface area contributed by atoms with Crippen molar-refractivity contribution in [1.82, 2.24) is 10.2 Å². The number of likely N-dealkylation sites (tertiary alicyclic amines) is 1. The van der Waals surface area contributed by atoms with Gasteiger partial charge in [0.1, 0.15) is 0 Å². The van der Waals surface area contributed by atoms with Gasteiger partial charge in [-0.3, -0.25) is 14.5 Å². The topological polar surface area (TPSA) is 69.6 Å². The molecule has 2 N–H and O–H groups in total. The number of nitrogens with zero attached hydrogens (tertiary/aromatic N) is 1. The highest BCUT2D eigenvalue weighted by molar-refractivity contribution is 5.79. The van der Waals surface area contributed by atoms with Gasteiger partial charge in [0, 0.05) is 25.0 Å². The fourth-order valence-electron chi connectivity index (χ4n) is 2.27. The molecule has 1 saturated carbocycles. The third kappa shape index (κ3) is 2.72. The molecule has 90 valence electrons. The number of aliphatic carboxylic acids is 1. The molecule has 5 nitrogen and oxygen atoms in total. The van der Waals surface area contributed by atoms with Crippen molar-refractivity contribution in [2.45, 2.75) is 31.7 Å². The van der Waals surface area contributed by atoms with Crippen molar-refractivity contribution >= 4 is 11.9 Å². The van der Waals surface area contributed by atoms with E-state index < -0.39 is 5.97 Å². The van der Waals surface area contributed by atoms with Gasteiger partial charge >= 0.3 is 5.97 Å². The molecule has 2 fully saturated rings. The van der Waals surface area contributed by atoms with E-state index in [1.807, 2.05) is 4.90 Å². The highest BCUT2D eigenvalue weighted by Crippen LogP contribution is 2.26. The average molecular weight is 226 g/mol. The monoisotopic (exact) mass is 226 g/mol. The second kappa shape index (κ2) is 4.82. The Morgan fingerprint density at radius 2 is 2.06 bits per heavy atom. The minimum atomic E-state index is -0.800. The Labute approximate surface area is 94.8 Å². The molecule has 1 heterocycles. The molecule has 1 atom stereocenters. The van der Waals surface area contributed by atoms with Gasteiger partial charge in [0.25, 0.3) is 0 Å². The number of hydrogen-bond donors (Lipinski definition) is 2. The number of rotatable bonds is 4. The van der Waals surface area contributed by atoms with E-state index in [1.165, 1.54) is 0 Å². The molecule has 0 radical (unpaired) electrons. The lowest BCUT2D eigenvalue weighted by molar-refractivity contribution is -0.138. The van der Waals surface area contributed by atoms with Gasteiger partial charge in [-0.15, -0.1) is 0 Å². The molecule has 1 unspecified atom stereocenters. The minimum absolute atomic E-state index is 0.0792. The fraction of sp³-hybridized carbons (Fsp3) is 0.818. The Morgan fingerprint density at radius 3 is 2.62 bits per heavy atom. The van der Waals surface area contributed by atoms with Crippen LogP contribution in [-0.2, 0) is 9.59 Å². The van der Waals surface area contributed by atoms with Crippen molar-refractivity contribution in [2.75, 3.05) is 19.6 Å². The second-order valence-corrected chi connectivity index (χ2v) is 4.75. The van der Waals surface area contributed by atoms with Crippen LogP contribution in [0.3, 0.4) is 0 Å². The first kappa shape index (κ1) is 11.4. The van der Waals surface area contributed by atoms with Crippen molar-refractivity contribution in [2.24, 2.45) is 5.92 Å². The molecule has 5 heteroatoms. The van der Waals surface area contributed by atoms with Gasteiger partial charge < -0.3 is 10.4 Å². The lowest BCUT2D eigenvalue weighted by atomic mass is 9.84. The summed E-state index contributed by atoms with van der Waals surface area (Å²) in [6, 6.07) is 0.146. The fourth-order valence-corrected chi connectivity index (χ4v) is 2.27. The van der Waals surface area contributed by atoms with Gasteiger partial charge in [0.15, 0.2) is 0 Å². The van der Waals surface area contributed by atoms with E-state index in [1.54, 1.807) is 0 Å². The lowest BCUT2D eigenvalue weighted by Crippen LogP contribution is -2.42. The summed E-state index contributed by atoms with van der Waals surface area (Å²) >= 11 is 0. The van der Waals surface area contributed by atoms with Crippen LogP contribution in [0.5, 0.6) is 0 Å². The van der Waals surface area contributed by atoms with E-state index in [9.17, 15) is 9.59 Å². The number of hydrogen-bond acceptors (Lipinski definition) is 3. The van der Waals surface area contributed by atoms with Crippen molar-refractivity contribution in [3.8, 4) is 0 Å². The number of amides is 1. The van der Waals surface area contributed by atoms with E-state index in [0.717, 1.165) is 32.2 Å². The van der Waals surface area contributed by atoms with Crippen LogP contribution in [0.15, 0.2) is 0 Å². The molecule has 0 aromatic carbocycles. The molecule has 0 aromatic rings.